The molecule has 0 unspecified atom stereocenters. The molecular formula is C10H11FN4O2. The molecule has 1 saturated heterocycles. The molecule has 1 aliphatic rings. The van der Waals surface area contributed by atoms with E-state index in [4.69, 9.17) is 5.73 Å². The molecule has 0 spiro atoms. The molecule has 0 atom stereocenters. The first-order chi connectivity index (χ1) is 8.11. The third-order valence-corrected chi connectivity index (χ3v) is 2.44. The molecule has 1 fully saturated rings. The van der Waals surface area contributed by atoms with Gasteiger partial charge in [-0.25, -0.2) is 9.78 Å². The summed E-state index contributed by atoms with van der Waals surface area (Å²) in [5.74, 6) is -1.13. The van der Waals surface area contributed by atoms with Crippen LogP contribution in [0.25, 0.3) is 0 Å². The van der Waals surface area contributed by atoms with Crippen molar-refractivity contribution in [1.82, 2.24) is 10.3 Å². The molecule has 17 heavy (non-hydrogen) atoms. The van der Waals surface area contributed by atoms with Gasteiger partial charge < -0.3 is 5.73 Å². The zero-order chi connectivity index (χ0) is 12.4. The number of carbonyl (C=O) groups is 2. The fourth-order valence-electron chi connectivity index (χ4n) is 1.57. The summed E-state index contributed by atoms with van der Waals surface area (Å²) >= 11 is 0. The van der Waals surface area contributed by atoms with Crippen molar-refractivity contribution in [2.75, 3.05) is 11.4 Å². The van der Waals surface area contributed by atoms with Gasteiger partial charge in [-0.3, -0.25) is 15.0 Å². The molecule has 3 N–H and O–H groups in total. The molecule has 6 nitrogen and oxygen atoms in total. The molecular weight excluding hydrogens is 227 g/mol. The van der Waals surface area contributed by atoms with Gasteiger partial charge in [-0.05, 0) is 12.1 Å². The van der Waals surface area contributed by atoms with E-state index in [0.29, 0.717) is 5.69 Å². The van der Waals surface area contributed by atoms with Crippen molar-refractivity contribution in [3.63, 3.8) is 0 Å². The number of carbonyl (C=O) groups excluding carboxylic acids is 2. The summed E-state index contributed by atoms with van der Waals surface area (Å²) in [5.41, 5.74) is 5.78. The van der Waals surface area contributed by atoms with Crippen molar-refractivity contribution < 1.29 is 14.0 Å². The lowest BCUT2D eigenvalue weighted by molar-refractivity contribution is -0.120. The van der Waals surface area contributed by atoms with Crippen molar-refractivity contribution in [1.29, 1.82) is 0 Å². The second-order valence-electron chi connectivity index (χ2n) is 3.57. The van der Waals surface area contributed by atoms with Crippen molar-refractivity contribution >= 4 is 17.6 Å². The fourth-order valence-corrected chi connectivity index (χ4v) is 1.57. The van der Waals surface area contributed by atoms with E-state index in [9.17, 15) is 14.0 Å². The molecule has 7 heteroatoms. The van der Waals surface area contributed by atoms with Gasteiger partial charge >= 0.3 is 6.03 Å². The number of aromatic nitrogens is 1. The molecule has 2 rings (SSSR count). The predicted octanol–water partition coefficient (Wildman–Crippen LogP) is 0.126. The SMILES string of the molecule is NCc1ccc(N2CCC(=O)NC2=O)c(F)n1. The normalized spacial score (nSPS) is 16.0. The van der Waals surface area contributed by atoms with Crippen LogP contribution in [0.3, 0.4) is 0 Å². The number of nitrogens with one attached hydrogen (secondary N) is 1. The van der Waals surface area contributed by atoms with Gasteiger partial charge in [0, 0.05) is 19.5 Å². The summed E-state index contributed by atoms with van der Waals surface area (Å²) in [6, 6.07) is 2.34. The van der Waals surface area contributed by atoms with Gasteiger partial charge in [0.15, 0.2) is 0 Å². The Morgan fingerprint density at radius 3 is 2.82 bits per heavy atom. The smallest absolute Gasteiger partial charge is 0.325 e. The molecule has 0 aliphatic carbocycles. The Labute approximate surface area is 96.6 Å². The molecule has 0 radical (unpaired) electrons. The van der Waals surface area contributed by atoms with Crippen LogP contribution in [0, 0.1) is 5.95 Å². The van der Waals surface area contributed by atoms with E-state index < -0.39 is 12.0 Å². The molecule has 0 bridgehead atoms. The standard InChI is InChI=1S/C10H11FN4O2/c11-9-7(2-1-6(5-12)13-9)15-4-3-8(16)14-10(15)17/h1-2H,3-5,12H2,(H,14,16,17). The minimum Gasteiger partial charge on any atom is -0.325 e. The number of nitrogens with zero attached hydrogens (tertiary/aromatic N) is 2. The number of halogens is 1. The van der Waals surface area contributed by atoms with Crippen LogP contribution in [0.5, 0.6) is 0 Å². The van der Waals surface area contributed by atoms with Gasteiger partial charge in [-0.2, -0.15) is 4.39 Å². The largest absolute Gasteiger partial charge is 0.328 e. The van der Waals surface area contributed by atoms with E-state index in [1.165, 1.54) is 6.07 Å². The van der Waals surface area contributed by atoms with Gasteiger partial charge in [-0.1, -0.05) is 0 Å². The van der Waals surface area contributed by atoms with Crippen molar-refractivity contribution in [3.05, 3.63) is 23.8 Å². The molecule has 0 aromatic carbocycles. The first-order valence-corrected chi connectivity index (χ1v) is 5.08. The maximum atomic E-state index is 13.6. The number of urea groups is 1. The lowest BCUT2D eigenvalue weighted by atomic mass is 10.2. The average molecular weight is 238 g/mol. The Morgan fingerprint density at radius 2 is 2.24 bits per heavy atom. The average Bonchev–Trinajstić information content (AvgIpc) is 2.30. The van der Waals surface area contributed by atoms with Crippen molar-refractivity contribution in [3.8, 4) is 0 Å². The highest BCUT2D eigenvalue weighted by atomic mass is 19.1. The van der Waals surface area contributed by atoms with E-state index in [1.807, 2.05) is 0 Å². The topological polar surface area (TPSA) is 88.3 Å². The highest BCUT2D eigenvalue weighted by Gasteiger charge is 2.26. The second kappa shape index (κ2) is 4.46. The third kappa shape index (κ3) is 2.23. The van der Waals surface area contributed by atoms with Crippen LogP contribution in [-0.2, 0) is 11.3 Å². The summed E-state index contributed by atoms with van der Waals surface area (Å²) < 4.78 is 13.6. The maximum absolute atomic E-state index is 13.6. The van der Waals surface area contributed by atoms with Crippen LogP contribution in [0.15, 0.2) is 12.1 Å². The minimum absolute atomic E-state index is 0.0483. The summed E-state index contributed by atoms with van der Waals surface area (Å²) in [4.78, 5) is 27.2. The second-order valence-corrected chi connectivity index (χ2v) is 3.57. The van der Waals surface area contributed by atoms with Gasteiger partial charge in [0.25, 0.3) is 0 Å². The zero-order valence-corrected chi connectivity index (χ0v) is 8.94. The number of imide groups is 1. The van der Waals surface area contributed by atoms with Crippen LogP contribution in [-0.4, -0.2) is 23.5 Å². The summed E-state index contributed by atoms with van der Waals surface area (Å²) in [6.07, 6.45) is 0.143. The van der Waals surface area contributed by atoms with Crippen molar-refractivity contribution in [2.45, 2.75) is 13.0 Å². The first kappa shape index (κ1) is 11.5. The fraction of sp³-hybridized carbons (Fsp3) is 0.300. The lowest BCUT2D eigenvalue weighted by Gasteiger charge is -2.26. The predicted molar refractivity (Wildman–Crippen MR) is 57.6 cm³/mol. The minimum atomic E-state index is -0.766. The summed E-state index contributed by atoms with van der Waals surface area (Å²) in [7, 11) is 0. The maximum Gasteiger partial charge on any atom is 0.328 e. The Bertz CT molecular complexity index is 477. The molecule has 1 aromatic heterocycles. The molecule has 1 aliphatic heterocycles. The number of pyridine rings is 1. The lowest BCUT2D eigenvalue weighted by Crippen LogP contribution is -2.50. The van der Waals surface area contributed by atoms with Crippen LogP contribution in [0.4, 0.5) is 14.9 Å². The summed E-state index contributed by atoms with van der Waals surface area (Å²) in [5, 5.41) is 2.11. The third-order valence-electron chi connectivity index (χ3n) is 2.44. The highest BCUT2D eigenvalue weighted by molar-refractivity contribution is 6.05. The molecule has 1 aromatic rings. The summed E-state index contributed by atoms with van der Waals surface area (Å²) in [6.45, 7) is 0.271. The van der Waals surface area contributed by atoms with Crippen LogP contribution < -0.4 is 16.0 Å². The first-order valence-electron chi connectivity index (χ1n) is 5.08. The highest BCUT2D eigenvalue weighted by Crippen LogP contribution is 2.20. The number of nitrogens with two attached hydrogens (primary N) is 1. The van der Waals surface area contributed by atoms with Crippen molar-refractivity contribution in [2.24, 2.45) is 5.73 Å². The Balaban J connectivity index is 2.28. The Hall–Kier alpha value is -2.02. The van der Waals surface area contributed by atoms with Crippen LogP contribution in [0.2, 0.25) is 0 Å². The van der Waals surface area contributed by atoms with E-state index in [2.05, 4.69) is 10.3 Å². The molecule has 2 heterocycles. The number of hydrogen-bond acceptors (Lipinski definition) is 4. The van der Waals surface area contributed by atoms with Gasteiger partial charge in [0.05, 0.1) is 5.69 Å². The van der Waals surface area contributed by atoms with Gasteiger partial charge in [0.1, 0.15) is 5.69 Å². The molecule has 0 saturated carbocycles. The van der Waals surface area contributed by atoms with Gasteiger partial charge in [-0.15, -0.1) is 0 Å². The van der Waals surface area contributed by atoms with Crippen LogP contribution >= 0.6 is 0 Å². The number of rotatable bonds is 2. The van der Waals surface area contributed by atoms with E-state index in [0.717, 1.165) is 4.90 Å². The van der Waals surface area contributed by atoms with Crippen LogP contribution in [0.1, 0.15) is 12.1 Å². The number of hydrogen-bond donors (Lipinski definition) is 2. The van der Waals surface area contributed by atoms with E-state index in [1.54, 1.807) is 6.07 Å². The van der Waals surface area contributed by atoms with Gasteiger partial charge in [0.2, 0.25) is 11.9 Å². The zero-order valence-electron chi connectivity index (χ0n) is 8.94. The van der Waals surface area contributed by atoms with E-state index >= 15 is 0 Å². The Morgan fingerprint density at radius 1 is 1.47 bits per heavy atom. The molecule has 90 valence electrons. The monoisotopic (exact) mass is 238 g/mol. The quantitative estimate of drug-likeness (QED) is 0.716. The Kier molecular flexibility index (Phi) is 3.01. The number of amides is 3. The number of anilines is 1. The van der Waals surface area contributed by atoms with E-state index in [-0.39, 0.29) is 31.1 Å². The molecule has 3 amide bonds.